The molecule has 0 unspecified atom stereocenters. The van der Waals surface area contributed by atoms with Crippen molar-refractivity contribution in [3.8, 4) is 5.75 Å². The fraction of sp³-hybridized carbons (Fsp3) is 0.350. The Balaban J connectivity index is 1.63. The van der Waals surface area contributed by atoms with Crippen molar-refractivity contribution in [2.45, 2.75) is 25.5 Å². The van der Waals surface area contributed by atoms with Gasteiger partial charge in [0.25, 0.3) is 5.91 Å². The number of likely N-dealkylation sites (tertiary alicyclic amines) is 1. The minimum atomic E-state index is -2.87. The SMILES string of the molecule is O=C(NC[C@H](c1ccccc1)N1CCCC1)c1ccc(OC(F)F)cc1. The average molecular weight is 360 g/mol. The molecule has 1 fully saturated rings. The molecule has 2 aromatic carbocycles. The Hall–Kier alpha value is -2.47. The molecule has 1 atom stereocenters. The Labute approximate surface area is 151 Å². The van der Waals surface area contributed by atoms with E-state index in [9.17, 15) is 13.6 Å². The topological polar surface area (TPSA) is 41.6 Å². The van der Waals surface area contributed by atoms with Gasteiger partial charge >= 0.3 is 6.61 Å². The number of carbonyl (C=O) groups is 1. The Bertz CT molecular complexity index is 702. The Morgan fingerprint density at radius 1 is 1.04 bits per heavy atom. The average Bonchev–Trinajstić information content (AvgIpc) is 3.17. The van der Waals surface area contributed by atoms with E-state index in [1.54, 1.807) is 0 Å². The molecule has 0 aromatic heterocycles. The number of benzene rings is 2. The Kier molecular flexibility index (Phi) is 6.17. The van der Waals surface area contributed by atoms with Gasteiger partial charge in [0.2, 0.25) is 0 Å². The molecule has 0 spiro atoms. The number of hydrogen-bond acceptors (Lipinski definition) is 3. The van der Waals surface area contributed by atoms with Crippen LogP contribution in [0.25, 0.3) is 0 Å². The number of amides is 1. The molecular formula is C20H22F2N2O2. The van der Waals surface area contributed by atoms with Gasteiger partial charge in [0.1, 0.15) is 5.75 Å². The lowest BCUT2D eigenvalue weighted by Crippen LogP contribution is -2.36. The smallest absolute Gasteiger partial charge is 0.387 e. The molecule has 1 heterocycles. The maximum atomic E-state index is 12.4. The van der Waals surface area contributed by atoms with Gasteiger partial charge in [-0.05, 0) is 55.8 Å². The summed E-state index contributed by atoms with van der Waals surface area (Å²) in [5, 5.41) is 2.97. The van der Waals surface area contributed by atoms with E-state index in [-0.39, 0.29) is 17.7 Å². The number of carbonyl (C=O) groups excluding carboxylic acids is 1. The maximum Gasteiger partial charge on any atom is 0.387 e. The van der Waals surface area contributed by atoms with Crippen LogP contribution in [-0.4, -0.2) is 37.1 Å². The van der Waals surface area contributed by atoms with Gasteiger partial charge in [0, 0.05) is 12.1 Å². The van der Waals surface area contributed by atoms with Gasteiger partial charge in [0.05, 0.1) is 6.04 Å². The van der Waals surface area contributed by atoms with E-state index in [0.717, 1.165) is 13.1 Å². The molecule has 0 radical (unpaired) electrons. The number of alkyl halides is 2. The van der Waals surface area contributed by atoms with Crippen molar-refractivity contribution >= 4 is 5.91 Å². The minimum Gasteiger partial charge on any atom is -0.435 e. The van der Waals surface area contributed by atoms with Gasteiger partial charge in [-0.25, -0.2) is 0 Å². The molecule has 4 nitrogen and oxygen atoms in total. The number of halogens is 2. The van der Waals surface area contributed by atoms with Gasteiger partial charge in [0.15, 0.2) is 0 Å². The highest BCUT2D eigenvalue weighted by atomic mass is 19.3. The molecule has 0 aliphatic carbocycles. The largest absolute Gasteiger partial charge is 0.435 e. The van der Waals surface area contributed by atoms with Crippen LogP contribution >= 0.6 is 0 Å². The monoisotopic (exact) mass is 360 g/mol. The van der Waals surface area contributed by atoms with Gasteiger partial charge in [-0.2, -0.15) is 8.78 Å². The van der Waals surface area contributed by atoms with Crippen molar-refractivity contribution in [3.05, 3.63) is 65.7 Å². The molecule has 1 N–H and O–H groups in total. The van der Waals surface area contributed by atoms with E-state index >= 15 is 0 Å². The van der Waals surface area contributed by atoms with E-state index in [0.29, 0.717) is 12.1 Å². The lowest BCUT2D eigenvalue weighted by molar-refractivity contribution is -0.0498. The second-order valence-corrected chi connectivity index (χ2v) is 6.28. The van der Waals surface area contributed by atoms with Crippen molar-refractivity contribution in [2.75, 3.05) is 19.6 Å². The number of hydrogen-bond donors (Lipinski definition) is 1. The quantitative estimate of drug-likeness (QED) is 0.815. The number of rotatable bonds is 7. The first kappa shape index (κ1) is 18.3. The van der Waals surface area contributed by atoms with E-state index in [1.165, 1.54) is 42.7 Å². The number of nitrogens with zero attached hydrogens (tertiary/aromatic N) is 1. The first-order valence-electron chi connectivity index (χ1n) is 8.75. The van der Waals surface area contributed by atoms with Gasteiger partial charge < -0.3 is 10.1 Å². The summed E-state index contributed by atoms with van der Waals surface area (Å²) in [6, 6.07) is 16.0. The van der Waals surface area contributed by atoms with Gasteiger partial charge in [-0.15, -0.1) is 0 Å². The third-order valence-electron chi connectivity index (χ3n) is 4.56. The number of nitrogens with one attached hydrogen (secondary N) is 1. The molecule has 2 aromatic rings. The molecule has 1 aliphatic rings. The van der Waals surface area contributed by atoms with Crippen LogP contribution in [0, 0.1) is 0 Å². The maximum absolute atomic E-state index is 12.4. The minimum absolute atomic E-state index is 0.0378. The molecule has 1 saturated heterocycles. The molecule has 3 rings (SSSR count). The van der Waals surface area contributed by atoms with E-state index in [1.807, 2.05) is 18.2 Å². The lowest BCUT2D eigenvalue weighted by atomic mass is 10.1. The van der Waals surface area contributed by atoms with Crippen molar-refractivity contribution < 1.29 is 18.3 Å². The highest BCUT2D eigenvalue weighted by Gasteiger charge is 2.24. The molecule has 1 amide bonds. The molecule has 138 valence electrons. The lowest BCUT2D eigenvalue weighted by Gasteiger charge is -2.28. The second-order valence-electron chi connectivity index (χ2n) is 6.28. The highest BCUT2D eigenvalue weighted by Crippen LogP contribution is 2.24. The van der Waals surface area contributed by atoms with E-state index < -0.39 is 6.61 Å². The Morgan fingerprint density at radius 3 is 2.31 bits per heavy atom. The predicted octanol–water partition coefficient (Wildman–Crippen LogP) is 3.85. The normalized spacial score (nSPS) is 15.8. The standard InChI is InChI=1S/C20H22F2N2O2/c21-20(22)26-17-10-8-16(9-11-17)19(25)23-14-18(24-12-4-5-13-24)15-6-2-1-3-7-15/h1-3,6-11,18,20H,4-5,12-14H2,(H,23,25)/t18-/m1/s1. The first-order valence-corrected chi connectivity index (χ1v) is 8.75. The fourth-order valence-corrected chi connectivity index (χ4v) is 3.27. The predicted molar refractivity (Wildman–Crippen MR) is 95.4 cm³/mol. The Morgan fingerprint density at radius 2 is 1.69 bits per heavy atom. The van der Waals surface area contributed by atoms with Crippen LogP contribution in [0.1, 0.15) is 34.8 Å². The zero-order valence-corrected chi connectivity index (χ0v) is 14.4. The van der Waals surface area contributed by atoms with Crippen molar-refractivity contribution in [1.29, 1.82) is 0 Å². The molecule has 26 heavy (non-hydrogen) atoms. The second kappa shape index (κ2) is 8.76. The zero-order valence-electron chi connectivity index (χ0n) is 14.4. The van der Waals surface area contributed by atoms with Crippen LogP contribution in [0.2, 0.25) is 0 Å². The van der Waals surface area contributed by atoms with E-state index in [4.69, 9.17) is 0 Å². The van der Waals surface area contributed by atoms with E-state index in [2.05, 4.69) is 27.1 Å². The van der Waals surface area contributed by atoms with Gasteiger partial charge in [-0.1, -0.05) is 30.3 Å². The summed E-state index contributed by atoms with van der Waals surface area (Å²) in [7, 11) is 0. The third-order valence-corrected chi connectivity index (χ3v) is 4.56. The third kappa shape index (κ3) is 4.79. The van der Waals surface area contributed by atoms with Crippen LogP contribution in [0.15, 0.2) is 54.6 Å². The first-order chi connectivity index (χ1) is 12.6. The summed E-state index contributed by atoms with van der Waals surface area (Å²) in [5.41, 5.74) is 1.59. The molecule has 0 saturated carbocycles. The summed E-state index contributed by atoms with van der Waals surface area (Å²) in [6.45, 7) is -0.329. The van der Waals surface area contributed by atoms with Crippen LogP contribution in [0.4, 0.5) is 8.78 Å². The summed E-state index contributed by atoms with van der Waals surface area (Å²) in [5.74, 6) is -0.190. The molecular weight excluding hydrogens is 338 g/mol. The fourth-order valence-electron chi connectivity index (χ4n) is 3.27. The van der Waals surface area contributed by atoms with Crippen LogP contribution in [0.3, 0.4) is 0 Å². The van der Waals surface area contributed by atoms with Crippen molar-refractivity contribution in [1.82, 2.24) is 10.2 Å². The molecule has 6 heteroatoms. The number of ether oxygens (including phenoxy) is 1. The summed E-state index contributed by atoms with van der Waals surface area (Å²) < 4.78 is 28.7. The van der Waals surface area contributed by atoms with Crippen molar-refractivity contribution in [2.24, 2.45) is 0 Å². The van der Waals surface area contributed by atoms with Crippen molar-refractivity contribution in [3.63, 3.8) is 0 Å². The molecule has 1 aliphatic heterocycles. The summed E-state index contributed by atoms with van der Waals surface area (Å²) >= 11 is 0. The zero-order chi connectivity index (χ0) is 18.4. The van der Waals surface area contributed by atoms with Gasteiger partial charge in [-0.3, -0.25) is 9.69 Å². The van der Waals surface area contributed by atoms with Crippen LogP contribution in [0.5, 0.6) is 5.75 Å². The van der Waals surface area contributed by atoms with Crippen LogP contribution in [-0.2, 0) is 0 Å². The highest BCUT2D eigenvalue weighted by molar-refractivity contribution is 5.94. The molecule has 0 bridgehead atoms. The van der Waals surface area contributed by atoms with Crippen LogP contribution < -0.4 is 10.1 Å². The summed E-state index contributed by atoms with van der Waals surface area (Å²) in [4.78, 5) is 14.8. The summed E-state index contributed by atoms with van der Waals surface area (Å²) in [6.07, 6.45) is 2.34.